The number of nitrogens with two attached hydrogens (primary N) is 1. The predicted octanol–water partition coefficient (Wildman–Crippen LogP) is 2.78. The molecule has 0 bridgehead atoms. The maximum atomic E-state index is 12.0. The van der Waals surface area contributed by atoms with Crippen LogP contribution in [-0.2, 0) is 15.6 Å². The summed E-state index contributed by atoms with van der Waals surface area (Å²) < 4.78 is 12.9. The summed E-state index contributed by atoms with van der Waals surface area (Å²) in [5.41, 5.74) is 6.84. The zero-order chi connectivity index (χ0) is 14.5. The van der Waals surface area contributed by atoms with Gasteiger partial charge in [-0.3, -0.25) is 9.00 Å². The van der Waals surface area contributed by atoms with Crippen LogP contribution in [0.1, 0.15) is 0 Å². The first-order chi connectivity index (χ1) is 9.54. The molecule has 0 heterocycles. The van der Waals surface area contributed by atoms with E-state index in [0.717, 1.165) is 4.47 Å². The first-order valence-corrected chi connectivity index (χ1v) is 7.95. The number of halogens is 1. The molecule has 0 aliphatic rings. The number of nitrogen functional groups attached to an aromatic ring is 1. The highest BCUT2D eigenvalue weighted by Gasteiger charge is 2.10. The minimum Gasteiger partial charge on any atom is -0.399 e. The van der Waals surface area contributed by atoms with Crippen LogP contribution in [0.4, 0.5) is 11.4 Å². The van der Waals surface area contributed by atoms with Crippen molar-refractivity contribution in [2.45, 2.75) is 4.90 Å². The number of carbonyl (C=O) groups is 1. The number of rotatable bonds is 4. The van der Waals surface area contributed by atoms with E-state index in [1.54, 1.807) is 36.4 Å². The molecular formula is C14H13BrN2O2S. The molecule has 0 aliphatic heterocycles. The molecule has 1 amide bonds. The summed E-state index contributed by atoms with van der Waals surface area (Å²) in [4.78, 5) is 12.4. The molecule has 3 N–H and O–H groups in total. The summed E-state index contributed by atoms with van der Waals surface area (Å²) in [5, 5.41) is 2.70. The fourth-order valence-corrected chi connectivity index (χ4v) is 2.73. The maximum absolute atomic E-state index is 12.0. The van der Waals surface area contributed by atoms with Crippen molar-refractivity contribution in [1.29, 1.82) is 0 Å². The lowest BCUT2D eigenvalue weighted by atomic mass is 10.3. The van der Waals surface area contributed by atoms with E-state index in [1.807, 2.05) is 12.1 Å². The molecule has 20 heavy (non-hydrogen) atoms. The minimum atomic E-state index is -1.38. The van der Waals surface area contributed by atoms with E-state index >= 15 is 0 Å². The second-order valence-electron chi connectivity index (χ2n) is 4.11. The van der Waals surface area contributed by atoms with Gasteiger partial charge in [0.2, 0.25) is 5.91 Å². The second kappa shape index (κ2) is 6.67. The summed E-state index contributed by atoms with van der Waals surface area (Å²) in [5.74, 6) is -0.373. The first-order valence-electron chi connectivity index (χ1n) is 5.84. The molecule has 0 aliphatic carbocycles. The van der Waals surface area contributed by atoms with Gasteiger partial charge in [-0.25, -0.2) is 0 Å². The Hall–Kier alpha value is -1.66. The third-order valence-corrected chi connectivity index (χ3v) is 4.38. The van der Waals surface area contributed by atoms with Crippen LogP contribution < -0.4 is 11.1 Å². The number of benzene rings is 2. The van der Waals surface area contributed by atoms with Crippen molar-refractivity contribution in [3.63, 3.8) is 0 Å². The van der Waals surface area contributed by atoms with Crippen molar-refractivity contribution in [2.24, 2.45) is 0 Å². The lowest BCUT2D eigenvalue weighted by Crippen LogP contribution is -2.19. The van der Waals surface area contributed by atoms with E-state index in [2.05, 4.69) is 21.2 Å². The third-order valence-electron chi connectivity index (χ3n) is 2.53. The smallest absolute Gasteiger partial charge is 0.237 e. The van der Waals surface area contributed by atoms with Crippen LogP contribution in [0.3, 0.4) is 0 Å². The molecule has 1 unspecified atom stereocenters. The van der Waals surface area contributed by atoms with Crippen LogP contribution in [-0.4, -0.2) is 15.9 Å². The lowest BCUT2D eigenvalue weighted by molar-refractivity contribution is -0.113. The summed E-state index contributed by atoms with van der Waals surface area (Å²) >= 11 is 3.32. The predicted molar refractivity (Wildman–Crippen MR) is 84.9 cm³/mol. The van der Waals surface area contributed by atoms with Gasteiger partial charge in [-0.2, -0.15) is 0 Å². The van der Waals surface area contributed by atoms with Crippen LogP contribution in [0.15, 0.2) is 57.9 Å². The second-order valence-corrected chi connectivity index (χ2v) is 6.48. The molecule has 0 aromatic heterocycles. The van der Waals surface area contributed by atoms with Crippen LogP contribution >= 0.6 is 15.9 Å². The highest BCUT2D eigenvalue weighted by molar-refractivity contribution is 9.10. The van der Waals surface area contributed by atoms with E-state index in [9.17, 15) is 9.00 Å². The Morgan fingerprint density at radius 1 is 1.10 bits per heavy atom. The van der Waals surface area contributed by atoms with Gasteiger partial charge in [-0.15, -0.1) is 0 Å². The SMILES string of the molecule is Nc1ccc(S(=O)CC(=O)Nc2ccc(Br)cc2)cc1. The van der Waals surface area contributed by atoms with Gasteiger partial charge >= 0.3 is 0 Å². The molecule has 0 spiro atoms. The zero-order valence-corrected chi connectivity index (χ0v) is 12.9. The Bertz CT molecular complexity index is 627. The number of nitrogens with one attached hydrogen (secondary N) is 1. The monoisotopic (exact) mass is 352 g/mol. The average Bonchev–Trinajstić information content (AvgIpc) is 2.42. The largest absolute Gasteiger partial charge is 0.399 e. The van der Waals surface area contributed by atoms with Crippen molar-refractivity contribution >= 4 is 44.0 Å². The third kappa shape index (κ3) is 4.18. The van der Waals surface area contributed by atoms with Gasteiger partial charge in [-0.1, -0.05) is 15.9 Å². The molecule has 2 rings (SSSR count). The Morgan fingerprint density at radius 3 is 2.30 bits per heavy atom. The van der Waals surface area contributed by atoms with Crippen molar-refractivity contribution in [3.05, 3.63) is 53.0 Å². The van der Waals surface area contributed by atoms with E-state index in [-0.39, 0.29) is 11.7 Å². The Kier molecular flexibility index (Phi) is 4.92. The normalized spacial score (nSPS) is 11.8. The molecule has 1 atom stereocenters. The molecule has 0 saturated heterocycles. The first kappa shape index (κ1) is 14.7. The van der Waals surface area contributed by atoms with Gasteiger partial charge in [0.15, 0.2) is 0 Å². The van der Waals surface area contributed by atoms with E-state index in [1.165, 1.54) is 0 Å². The van der Waals surface area contributed by atoms with Crippen LogP contribution in [0, 0.1) is 0 Å². The number of hydrogen-bond donors (Lipinski definition) is 2. The van der Waals surface area contributed by atoms with Crippen molar-refractivity contribution in [2.75, 3.05) is 16.8 Å². The quantitative estimate of drug-likeness (QED) is 0.831. The molecule has 0 fully saturated rings. The van der Waals surface area contributed by atoms with Gasteiger partial charge in [0.1, 0.15) is 5.75 Å². The highest BCUT2D eigenvalue weighted by atomic mass is 79.9. The molecule has 0 radical (unpaired) electrons. The van der Waals surface area contributed by atoms with Crippen LogP contribution in [0.5, 0.6) is 0 Å². The van der Waals surface area contributed by atoms with E-state index in [0.29, 0.717) is 16.3 Å². The van der Waals surface area contributed by atoms with Gasteiger partial charge in [0.05, 0.1) is 10.8 Å². The van der Waals surface area contributed by atoms with E-state index in [4.69, 9.17) is 5.73 Å². The van der Waals surface area contributed by atoms with Gasteiger partial charge in [0.25, 0.3) is 0 Å². The number of carbonyl (C=O) groups excluding carboxylic acids is 1. The molecule has 104 valence electrons. The van der Waals surface area contributed by atoms with Gasteiger partial charge in [0, 0.05) is 20.7 Å². The number of amides is 1. The van der Waals surface area contributed by atoms with Crippen LogP contribution in [0.2, 0.25) is 0 Å². The Morgan fingerprint density at radius 2 is 1.70 bits per heavy atom. The molecule has 4 nitrogen and oxygen atoms in total. The lowest BCUT2D eigenvalue weighted by Gasteiger charge is -2.06. The summed E-state index contributed by atoms with van der Waals surface area (Å²) in [6, 6.07) is 13.9. The maximum Gasteiger partial charge on any atom is 0.237 e. The van der Waals surface area contributed by atoms with Crippen molar-refractivity contribution in [3.8, 4) is 0 Å². The molecular weight excluding hydrogens is 340 g/mol. The van der Waals surface area contributed by atoms with Gasteiger partial charge < -0.3 is 11.1 Å². The van der Waals surface area contributed by atoms with Crippen molar-refractivity contribution < 1.29 is 9.00 Å². The molecule has 6 heteroatoms. The number of anilines is 2. The highest BCUT2D eigenvalue weighted by Crippen LogP contribution is 2.15. The molecule has 0 saturated carbocycles. The van der Waals surface area contributed by atoms with Gasteiger partial charge in [-0.05, 0) is 48.5 Å². The fraction of sp³-hybridized carbons (Fsp3) is 0.0714. The molecule has 2 aromatic rings. The fourth-order valence-electron chi connectivity index (χ4n) is 1.55. The zero-order valence-electron chi connectivity index (χ0n) is 10.5. The summed E-state index contributed by atoms with van der Waals surface area (Å²) in [6.45, 7) is 0. The van der Waals surface area contributed by atoms with Crippen molar-refractivity contribution in [1.82, 2.24) is 0 Å². The number of hydrogen-bond acceptors (Lipinski definition) is 3. The minimum absolute atomic E-state index is 0.0834. The topological polar surface area (TPSA) is 72.2 Å². The summed E-state index contributed by atoms with van der Waals surface area (Å²) in [7, 11) is -1.38. The Balaban J connectivity index is 1.95. The average molecular weight is 353 g/mol. The molecule has 2 aromatic carbocycles. The standard InChI is InChI=1S/C14H13BrN2O2S/c15-10-1-5-12(6-2-10)17-14(18)9-20(19)13-7-3-11(16)4-8-13/h1-8H,9,16H2,(H,17,18). The van der Waals surface area contributed by atoms with E-state index < -0.39 is 10.8 Å². The Labute approximate surface area is 128 Å². The van der Waals surface area contributed by atoms with Crippen LogP contribution in [0.25, 0.3) is 0 Å². The summed E-state index contributed by atoms with van der Waals surface area (Å²) in [6.07, 6.45) is 0.